The van der Waals surface area contributed by atoms with Crippen LogP contribution in [0.1, 0.15) is 11.3 Å². The zero-order valence-electron chi connectivity index (χ0n) is 19.5. The van der Waals surface area contributed by atoms with Crippen molar-refractivity contribution in [3.63, 3.8) is 0 Å². The summed E-state index contributed by atoms with van der Waals surface area (Å²) in [6, 6.07) is 21.9. The zero-order valence-corrected chi connectivity index (χ0v) is 20.3. The standard InChI is InChI=1S/C27H26N4O3S/c1-20-7-5-10-22(17-20)30-12-6-11-23(30)18-24-26(33)31(27(34)35-24)19-25(32)29-15-13-28(14-16-29)21-8-3-2-4-9-21/h2-12,17-18H,13-16,19H2,1H3/b24-18+. The van der Waals surface area contributed by atoms with E-state index in [1.807, 2.05) is 66.2 Å². The van der Waals surface area contributed by atoms with E-state index in [0.29, 0.717) is 31.1 Å². The third-order valence-electron chi connectivity index (χ3n) is 6.26. The molecule has 35 heavy (non-hydrogen) atoms. The predicted octanol–water partition coefficient (Wildman–Crippen LogP) is 4.17. The van der Waals surface area contributed by atoms with E-state index in [1.165, 1.54) is 0 Å². The number of imide groups is 1. The molecule has 5 rings (SSSR count). The molecule has 0 N–H and O–H groups in total. The number of aromatic nitrogens is 1. The number of rotatable bonds is 5. The smallest absolute Gasteiger partial charge is 0.294 e. The Morgan fingerprint density at radius 2 is 1.66 bits per heavy atom. The number of aryl methyl sites for hydroxylation is 1. The second-order valence-electron chi connectivity index (χ2n) is 8.61. The van der Waals surface area contributed by atoms with Gasteiger partial charge in [-0.1, -0.05) is 30.3 Å². The second-order valence-corrected chi connectivity index (χ2v) is 9.61. The zero-order chi connectivity index (χ0) is 24.4. The number of piperazine rings is 1. The average Bonchev–Trinajstić information content (AvgIpc) is 3.44. The van der Waals surface area contributed by atoms with E-state index >= 15 is 0 Å². The number of hydrogen-bond donors (Lipinski definition) is 0. The van der Waals surface area contributed by atoms with Gasteiger partial charge in [-0.2, -0.15) is 0 Å². The van der Waals surface area contributed by atoms with E-state index in [9.17, 15) is 14.4 Å². The molecule has 2 aliphatic heterocycles. The minimum atomic E-state index is -0.423. The highest BCUT2D eigenvalue weighted by atomic mass is 32.2. The van der Waals surface area contributed by atoms with Gasteiger partial charge in [0.1, 0.15) is 6.54 Å². The van der Waals surface area contributed by atoms with Crippen LogP contribution in [-0.4, -0.2) is 64.1 Å². The molecule has 0 saturated carbocycles. The van der Waals surface area contributed by atoms with Crippen molar-refractivity contribution in [3.05, 3.63) is 89.1 Å². The van der Waals surface area contributed by atoms with Gasteiger partial charge in [0.25, 0.3) is 11.1 Å². The van der Waals surface area contributed by atoms with Crippen molar-refractivity contribution in [1.29, 1.82) is 0 Å². The summed E-state index contributed by atoms with van der Waals surface area (Å²) in [7, 11) is 0. The van der Waals surface area contributed by atoms with Crippen molar-refractivity contribution in [1.82, 2.24) is 14.4 Å². The molecule has 8 heteroatoms. The number of carbonyl (C=O) groups excluding carboxylic acids is 3. The molecular formula is C27H26N4O3S. The fourth-order valence-corrected chi connectivity index (χ4v) is 5.21. The van der Waals surface area contributed by atoms with Crippen LogP contribution in [0.5, 0.6) is 0 Å². The van der Waals surface area contributed by atoms with Crippen LogP contribution in [0.3, 0.4) is 0 Å². The quantitative estimate of drug-likeness (QED) is 0.507. The Labute approximate surface area is 208 Å². The molecule has 3 amide bonds. The Morgan fingerprint density at radius 3 is 2.40 bits per heavy atom. The van der Waals surface area contributed by atoms with E-state index in [4.69, 9.17) is 0 Å². The van der Waals surface area contributed by atoms with Gasteiger partial charge in [-0.15, -0.1) is 0 Å². The normalized spacial score (nSPS) is 17.5. The van der Waals surface area contributed by atoms with E-state index in [1.54, 1.807) is 11.0 Å². The van der Waals surface area contributed by atoms with Crippen LogP contribution < -0.4 is 4.90 Å². The maximum absolute atomic E-state index is 13.0. The van der Waals surface area contributed by atoms with E-state index in [-0.39, 0.29) is 12.5 Å². The van der Waals surface area contributed by atoms with E-state index in [2.05, 4.69) is 23.1 Å². The number of carbonyl (C=O) groups is 3. The lowest BCUT2D eigenvalue weighted by molar-refractivity contribution is -0.136. The molecule has 3 aromatic rings. The minimum Gasteiger partial charge on any atom is -0.368 e. The summed E-state index contributed by atoms with van der Waals surface area (Å²) in [6.07, 6.45) is 3.64. The lowest BCUT2D eigenvalue weighted by atomic mass is 10.2. The number of hydrogen-bond acceptors (Lipinski definition) is 5. The predicted molar refractivity (Wildman–Crippen MR) is 138 cm³/mol. The Bertz CT molecular complexity index is 1290. The maximum Gasteiger partial charge on any atom is 0.294 e. The summed E-state index contributed by atoms with van der Waals surface area (Å²) in [6.45, 7) is 4.34. The lowest BCUT2D eigenvalue weighted by Crippen LogP contribution is -2.51. The van der Waals surface area contributed by atoms with Gasteiger partial charge in [0, 0.05) is 49.4 Å². The molecular weight excluding hydrogens is 460 g/mol. The molecule has 0 unspecified atom stereocenters. The van der Waals surface area contributed by atoms with Gasteiger partial charge in [-0.05, 0) is 66.7 Å². The highest BCUT2D eigenvalue weighted by Crippen LogP contribution is 2.32. The van der Waals surface area contributed by atoms with Gasteiger partial charge in [0.15, 0.2) is 0 Å². The van der Waals surface area contributed by atoms with Crippen LogP contribution in [0.4, 0.5) is 10.5 Å². The molecule has 0 spiro atoms. The fourth-order valence-electron chi connectivity index (χ4n) is 4.38. The average molecular weight is 487 g/mol. The van der Waals surface area contributed by atoms with E-state index < -0.39 is 11.1 Å². The van der Waals surface area contributed by atoms with Gasteiger partial charge in [0.05, 0.1) is 4.91 Å². The number of thioether (sulfide) groups is 1. The summed E-state index contributed by atoms with van der Waals surface area (Å²) in [5.41, 5.74) is 4.03. The molecule has 0 aliphatic carbocycles. The fraction of sp³-hybridized carbons (Fsp3) is 0.222. The van der Waals surface area contributed by atoms with Crippen molar-refractivity contribution >= 4 is 40.6 Å². The second kappa shape index (κ2) is 9.84. The molecule has 2 aromatic carbocycles. The Hall–Kier alpha value is -3.78. The van der Waals surface area contributed by atoms with Crippen LogP contribution >= 0.6 is 11.8 Å². The molecule has 7 nitrogen and oxygen atoms in total. The lowest BCUT2D eigenvalue weighted by Gasteiger charge is -2.36. The van der Waals surface area contributed by atoms with Crippen molar-refractivity contribution in [2.24, 2.45) is 0 Å². The van der Waals surface area contributed by atoms with Gasteiger partial charge >= 0.3 is 0 Å². The van der Waals surface area contributed by atoms with E-state index in [0.717, 1.165) is 39.3 Å². The molecule has 3 heterocycles. The number of anilines is 1. The van der Waals surface area contributed by atoms with Gasteiger partial charge in [-0.3, -0.25) is 19.3 Å². The van der Waals surface area contributed by atoms with Gasteiger partial charge in [-0.25, -0.2) is 0 Å². The highest BCUT2D eigenvalue weighted by molar-refractivity contribution is 8.18. The monoisotopic (exact) mass is 486 g/mol. The van der Waals surface area contributed by atoms with Crippen molar-refractivity contribution in [3.8, 4) is 5.69 Å². The number of amides is 3. The largest absolute Gasteiger partial charge is 0.368 e. The molecule has 2 saturated heterocycles. The first-order valence-electron chi connectivity index (χ1n) is 11.6. The first kappa shape index (κ1) is 23.0. The minimum absolute atomic E-state index is 0.204. The molecule has 2 aliphatic rings. The molecule has 2 fully saturated rings. The molecule has 1 aromatic heterocycles. The van der Waals surface area contributed by atoms with Crippen molar-refractivity contribution in [2.45, 2.75) is 6.92 Å². The number of nitrogens with zero attached hydrogens (tertiary/aromatic N) is 4. The van der Waals surface area contributed by atoms with Crippen molar-refractivity contribution < 1.29 is 14.4 Å². The first-order chi connectivity index (χ1) is 17.0. The molecule has 0 bridgehead atoms. The molecule has 0 atom stereocenters. The topological polar surface area (TPSA) is 65.9 Å². The van der Waals surface area contributed by atoms with Crippen LogP contribution in [0.2, 0.25) is 0 Å². The summed E-state index contributed by atoms with van der Waals surface area (Å²) < 4.78 is 1.97. The molecule has 0 radical (unpaired) electrons. The SMILES string of the molecule is Cc1cccc(-n2cccc2/C=C2/SC(=O)N(CC(=O)N3CCN(c4ccccc4)CC3)C2=O)c1. The van der Waals surface area contributed by atoms with Crippen LogP contribution in [0, 0.1) is 6.92 Å². The number of benzene rings is 2. The summed E-state index contributed by atoms with van der Waals surface area (Å²) in [5.74, 6) is -0.627. The Kier molecular flexibility index (Phi) is 6.46. The third-order valence-corrected chi connectivity index (χ3v) is 7.17. The van der Waals surface area contributed by atoms with Crippen LogP contribution in [0.25, 0.3) is 11.8 Å². The van der Waals surface area contributed by atoms with Gasteiger partial charge < -0.3 is 14.4 Å². The number of para-hydroxylation sites is 1. The Balaban J connectivity index is 1.24. The third kappa shape index (κ3) is 4.88. The summed E-state index contributed by atoms with van der Waals surface area (Å²) in [5, 5.41) is -0.411. The van der Waals surface area contributed by atoms with Crippen LogP contribution in [-0.2, 0) is 9.59 Å². The Morgan fingerprint density at radius 1 is 0.914 bits per heavy atom. The molecule has 178 valence electrons. The maximum atomic E-state index is 13.0. The summed E-state index contributed by atoms with van der Waals surface area (Å²) in [4.78, 5) is 43.9. The highest BCUT2D eigenvalue weighted by Gasteiger charge is 2.37. The summed E-state index contributed by atoms with van der Waals surface area (Å²) >= 11 is 0.880. The first-order valence-corrected chi connectivity index (χ1v) is 12.4. The van der Waals surface area contributed by atoms with Crippen molar-refractivity contribution in [2.75, 3.05) is 37.6 Å². The van der Waals surface area contributed by atoms with Crippen LogP contribution in [0.15, 0.2) is 77.8 Å². The van der Waals surface area contributed by atoms with Gasteiger partial charge in [0.2, 0.25) is 5.91 Å².